The van der Waals surface area contributed by atoms with Gasteiger partial charge in [-0.05, 0) is 31.2 Å². The lowest BCUT2D eigenvalue weighted by atomic mass is 10.1. The fourth-order valence-corrected chi connectivity index (χ4v) is 2.47. The van der Waals surface area contributed by atoms with E-state index in [1.165, 1.54) is 0 Å². The number of nitrogens with one attached hydrogen (secondary N) is 2. The summed E-state index contributed by atoms with van der Waals surface area (Å²) in [5.74, 6) is -1.24. The Bertz CT molecular complexity index is 861. The molecule has 23 heavy (non-hydrogen) atoms. The molecule has 1 atom stereocenters. The Hall–Kier alpha value is -2.60. The molecule has 5 nitrogen and oxygen atoms in total. The Morgan fingerprint density at radius 2 is 2.13 bits per heavy atom. The maximum Gasteiger partial charge on any atom is 0.255 e. The van der Waals surface area contributed by atoms with Crippen molar-refractivity contribution < 1.29 is 14.3 Å². The molecule has 0 saturated heterocycles. The third-order valence-corrected chi connectivity index (χ3v) is 3.73. The lowest BCUT2D eigenvalue weighted by Crippen LogP contribution is -2.27. The van der Waals surface area contributed by atoms with Crippen molar-refractivity contribution in [2.45, 2.75) is 13.0 Å². The van der Waals surface area contributed by atoms with Crippen LogP contribution in [0.4, 0.5) is 4.39 Å². The molecule has 3 rings (SSSR count). The minimum atomic E-state index is -0.700. The monoisotopic (exact) mass is 333 g/mol. The summed E-state index contributed by atoms with van der Waals surface area (Å²) in [6.07, 6.45) is 0. The van der Waals surface area contributed by atoms with Crippen LogP contribution in [-0.2, 0) is 0 Å². The topological polar surface area (TPSA) is 78.0 Å². The predicted molar refractivity (Wildman–Crippen MR) is 85.0 cm³/mol. The van der Waals surface area contributed by atoms with Gasteiger partial charge in [-0.25, -0.2) is 9.37 Å². The van der Waals surface area contributed by atoms with Crippen molar-refractivity contribution in [2.24, 2.45) is 0 Å². The van der Waals surface area contributed by atoms with Crippen LogP contribution >= 0.6 is 11.6 Å². The molecule has 1 heterocycles. The largest absolute Gasteiger partial charge is 0.506 e. The summed E-state index contributed by atoms with van der Waals surface area (Å²) in [5.41, 5.74) is 1.40. The number of halogens is 2. The Balaban J connectivity index is 1.85. The van der Waals surface area contributed by atoms with Crippen LogP contribution in [0.15, 0.2) is 36.4 Å². The van der Waals surface area contributed by atoms with Gasteiger partial charge < -0.3 is 15.4 Å². The molecule has 3 N–H and O–H groups in total. The Kier molecular flexibility index (Phi) is 3.92. The number of nitrogens with zero attached hydrogens (tertiary/aromatic N) is 1. The van der Waals surface area contributed by atoms with E-state index in [-0.39, 0.29) is 10.6 Å². The molecule has 0 aliphatic rings. The molecule has 0 radical (unpaired) electrons. The summed E-state index contributed by atoms with van der Waals surface area (Å²) in [6, 6.07) is 8.87. The Morgan fingerprint density at radius 3 is 2.87 bits per heavy atom. The number of para-hydroxylation sites is 2. The van der Waals surface area contributed by atoms with Crippen LogP contribution in [0.3, 0.4) is 0 Å². The highest BCUT2D eigenvalue weighted by Gasteiger charge is 2.19. The fraction of sp³-hybridized carbons (Fsp3) is 0.125. The van der Waals surface area contributed by atoms with Gasteiger partial charge in [-0.15, -0.1) is 0 Å². The molecule has 118 valence electrons. The lowest BCUT2D eigenvalue weighted by molar-refractivity contribution is 0.0935. The van der Waals surface area contributed by atoms with Gasteiger partial charge in [-0.2, -0.15) is 0 Å². The molecule has 0 aliphatic heterocycles. The fourth-order valence-electron chi connectivity index (χ4n) is 2.26. The molecule has 7 heteroatoms. The summed E-state index contributed by atoms with van der Waals surface area (Å²) in [7, 11) is 0. The number of hydrogen-bond donors (Lipinski definition) is 3. The smallest absolute Gasteiger partial charge is 0.255 e. The standard InChI is InChI=1S/C16H13ClFN3O2/c1-8(15-20-12-4-2-3-5-13(12)21-15)19-16(23)10-6-9(18)7-11(17)14(10)22/h2-8,22H,1H3,(H,19,23)(H,20,21)/t8-/m1/s1. The lowest BCUT2D eigenvalue weighted by Gasteiger charge is -2.13. The van der Waals surface area contributed by atoms with E-state index in [1.54, 1.807) is 6.92 Å². The van der Waals surface area contributed by atoms with Crippen LogP contribution in [0.25, 0.3) is 11.0 Å². The van der Waals surface area contributed by atoms with Crippen molar-refractivity contribution in [3.05, 3.63) is 58.6 Å². The first kappa shape index (κ1) is 15.3. The molecular formula is C16H13ClFN3O2. The molecule has 1 aromatic heterocycles. The van der Waals surface area contributed by atoms with E-state index >= 15 is 0 Å². The van der Waals surface area contributed by atoms with E-state index in [0.29, 0.717) is 5.82 Å². The maximum atomic E-state index is 13.4. The highest BCUT2D eigenvalue weighted by molar-refractivity contribution is 6.32. The minimum Gasteiger partial charge on any atom is -0.506 e. The van der Waals surface area contributed by atoms with E-state index in [2.05, 4.69) is 15.3 Å². The number of carbonyl (C=O) groups is 1. The number of fused-ring (bicyclic) bond motifs is 1. The second kappa shape index (κ2) is 5.89. The molecule has 0 aliphatic carbocycles. The number of hydrogen-bond acceptors (Lipinski definition) is 3. The molecule has 1 amide bonds. The number of amides is 1. The minimum absolute atomic E-state index is 0.216. The van der Waals surface area contributed by atoms with Gasteiger partial charge in [0.25, 0.3) is 5.91 Å². The van der Waals surface area contributed by atoms with Gasteiger partial charge in [0, 0.05) is 0 Å². The second-order valence-electron chi connectivity index (χ2n) is 5.12. The summed E-state index contributed by atoms with van der Waals surface area (Å²) in [4.78, 5) is 19.7. The van der Waals surface area contributed by atoms with Crippen molar-refractivity contribution in [2.75, 3.05) is 0 Å². The number of phenolic OH excluding ortho intramolecular Hbond substituents is 1. The number of H-pyrrole nitrogens is 1. The molecule has 0 bridgehead atoms. The van der Waals surface area contributed by atoms with Gasteiger partial charge in [0.1, 0.15) is 17.4 Å². The van der Waals surface area contributed by atoms with Crippen molar-refractivity contribution in [3.8, 4) is 5.75 Å². The zero-order valence-electron chi connectivity index (χ0n) is 12.1. The first-order valence-corrected chi connectivity index (χ1v) is 7.27. The molecule has 2 aromatic carbocycles. The number of aromatic nitrogens is 2. The van der Waals surface area contributed by atoms with Gasteiger partial charge in [0.05, 0.1) is 27.7 Å². The second-order valence-corrected chi connectivity index (χ2v) is 5.53. The molecule has 3 aromatic rings. The van der Waals surface area contributed by atoms with E-state index in [0.717, 1.165) is 23.2 Å². The zero-order chi connectivity index (χ0) is 16.6. The predicted octanol–water partition coefficient (Wildman–Crippen LogP) is 3.55. The van der Waals surface area contributed by atoms with Crippen molar-refractivity contribution >= 4 is 28.5 Å². The van der Waals surface area contributed by atoms with E-state index < -0.39 is 23.5 Å². The van der Waals surface area contributed by atoms with Gasteiger partial charge >= 0.3 is 0 Å². The SMILES string of the molecule is C[C@@H](NC(=O)c1cc(F)cc(Cl)c1O)c1nc2ccccc2[nH]1. The Labute approximate surface area is 136 Å². The number of rotatable bonds is 3. The zero-order valence-corrected chi connectivity index (χ0v) is 12.9. The highest BCUT2D eigenvalue weighted by atomic mass is 35.5. The van der Waals surface area contributed by atoms with Crippen LogP contribution < -0.4 is 5.32 Å². The number of aromatic amines is 1. The van der Waals surface area contributed by atoms with Crippen LogP contribution in [-0.4, -0.2) is 21.0 Å². The third-order valence-electron chi connectivity index (χ3n) is 3.44. The number of imidazole rings is 1. The number of carbonyl (C=O) groups excluding carboxylic acids is 1. The normalized spacial score (nSPS) is 12.3. The maximum absolute atomic E-state index is 13.4. The molecule has 0 spiro atoms. The van der Waals surface area contributed by atoms with Crippen LogP contribution in [0.2, 0.25) is 5.02 Å². The summed E-state index contributed by atoms with van der Waals surface area (Å²) < 4.78 is 13.4. The number of phenols is 1. The van der Waals surface area contributed by atoms with Crippen LogP contribution in [0.5, 0.6) is 5.75 Å². The molecular weight excluding hydrogens is 321 g/mol. The average molecular weight is 334 g/mol. The van der Waals surface area contributed by atoms with Gasteiger partial charge in [-0.3, -0.25) is 4.79 Å². The third kappa shape index (κ3) is 2.98. The van der Waals surface area contributed by atoms with E-state index in [1.807, 2.05) is 24.3 Å². The van der Waals surface area contributed by atoms with Crippen molar-refractivity contribution in [3.63, 3.8) is 0 Å². The van der Waals surface area contributed by atoms with Crippen LogP contribution in [0, 0.1) is 5.82 Å². The highest BCUT2D eigenvalue weighted by Crippen LogP contribution is 2.29. The summed E-state index contributed by atoms with van der Waals surface area (Å²) >= 11 is 5.68. The molecule has 0 fully saturated rings. The van der Waals surface area contributed by atoms with Gasteiger partial charge in [-0.1, -0.05) is 23.7 Å². The number of aromatic hydroxyl groups is 1. The van der Waals surface area contributed by atoms with Gasteiger partial charge in [0.2, 0.25) is 0 Å². The van der Waals surface area contributed by atoms with E-state index in [9.17, 15) is 14.3 Å². The summed E-state index contributed by atoms with van der Waals surface area (Å²) in [6.45, 7) is 1.73. The molecule has 0 saturated carbocycles. The first-order chi connectivity index (χ1) is 11.0. The van der Waals surface area contributed by atoms with Gasteiger partial charge in [0.15, 0.2) is 0 Å². The summed E-state index contributed by atoms with van der Waals surface area (Å²) in [5, 5.41) is 12.2. The average Bonchev–Trinajstić information content (AvgIpc) is 2.94. The number of benzene rings is 2. The van der Waals surface area contributed by atoms with Crippen LogP contribution in [0.1, 0.15) is 29.1 Å². The quantitative estimate of drug-likeness (QED) is 0.686. The van der Waals surface area contributed by atoms with E-state index in [4.69, 9.17) is 11.6 Å². The molecule has 0 unspecified atom stereocenters. The first-order valence-electron chi connectivity index (χ1n) is 6.89. The van der Waals surface area contributed by atoms with Crippen molar-refractivity contribution in [1.29, 1.82) is 0 Å². The Morgan fingerprint density at radius 1 is 1.39 bits per heavy atom. The van der Waals surface area contributed by atoms with Crippen molar-refractivity contribution in [1.82, 2.24) is 15.3 Å².